The predicted octanol–water partition coefficient (Wildman–Crippen LogP) is 2.62. The Balaban J connectivity index is 2.71. The third-order valence-electron chi connectivity index (χ3n) is 3.38. The molecule has 1 amide bonds. The van der Waals surface area contributed by atoms with E-state index in [1.807, 2.05) is 44.1 Å². The number of carbonyl (C=O) groups excluding carboxylic acids is 1. The average molecular weight is 262 g/mol. The smallest absolute Gasteiger partial charge is 0.225 e. The maximum atomic E-state index is 12.4. The second kappa shape index (κ2) is 7.95. The zero-order valence-electron chi connectivity index (χ0n) is 12.6. The van der Waals surface area contributed by atoms with Crippen LogP contribution in [0.1, 0.15) is 25.8 Å². The van der Waals surface area contributed by atoms with Gasteiger partial charge in [0.15, 0.2) is 0 Å². The molecule has 1 rings (SSSR count). The van der Waals surface area contributed by atoms with E-state index in [9.17, 15) is 4.79 Å². The maximum Gasteiger partial charge on any atom is 0.225 e. The highest BCUT2D eigenvalue weighted by Crippen LogP contribution is 2.11. The SMILES string of the molecule is CCC(C)C(=O)N(CCN(C)C)Cc1ccccc1. The van der Waals surface area contributed by atoms with Gasteiger partial charge >= 0.3 is 0 Å². The van der Waals surface area contributed by atoms with Gasteiger partial charge in [0.05, 0.1) is 0 Å². The number of nitrogens with zero attached hydrogens (tertiary/aromatic N) is 2. The molecule has 1 unspecified atom stereocenters. The number of hydrogen-bond acceptors (Lipinski definition) is 2. The molecule has 0 aromatic heterocycles. The van der Waals surface area contributed by atoms with Gasteiger partial charge in [-0.3, -0.25) is 4.79 Å². The zero-order chi connectivity index (χ0) is 14.3. The first-order valence-corrected chi connectivity index (χ1v) is 7.02. The molecule has 0 bridgehead atoms. The predicted molar refractivity (Wildman–Crippen MR) is 79.9 cm³/mol. The van der Waals surface area contributed by atoms with E-state index in [0.717, 1.165) is 19.5 Å². The van der Waals surface area contributed by atoms with Crippen molar-refractivity contribution in [2.24, 2.45) is 5.92 Å². The molecular formula is C16H26N2O. The van der Waals surface area contributed by atoms with Crippen molar-refractivity contribution in [1.29, 1.82) is 0 Å². The van der Waals surface area contributed by atoms with Gasteiger partial charge in [-0.2, -0.15) is 0 Å². The summed E-state index contributed by atoms with van der Waals surface area (Å²) in [6, 6.07) is 10.2. The van der Waals surface area contributed by atoms with Crippen molar-refractivity contribution in [2.45, 2.75) is 26.8 Å². The first-order valence-electron chi connectivity index (χ1n) is 7.02. The number of benzene rings is 1. The molecule has 0 heterocycles. The fraction of sp³-hybridized carbons (Fsp3) is 0.562. The second-order valence-corrected chi connectivity index (χ2v) is 5.36. The van der Waals surface area contributed by atoms with E-state index in [-0.39, 0.29) is 11.8 Å². The summed E-state index contributed by atoms with van der Waals surface area (Å²) in [7, 11) is 4.07. The summed E-state index contributed by atoms with van der Waals surface area (Å²) in [4.78, 5) is 16.5. The van der Waals surface area contributed by atoms with Gasteiger partial charge in [0.25, 0.3) is 0 Å². The Bertz CT molecular complexity index is 376. The van der Waals surface area contributed by atoms with Gasteiger partial charge in [-0.1, -0.05) is 44.2 Å². The van der Waals surface area contributed by atoms with Crippen LogP contribution in [0.5, 0.6) is 0 Å². The van der Waals surface area contributed by atoms with Crippen LogP contribution in [-0.4, -0.2) is 42.9 Å². The van der Waals surface area contributed by atoms with Crippen LogP contribution in [0.4, 0.5) is 0 Å². The van der Waals surface area contributed by atoms with Crippen LogP contribution < -0.4 is 0 Å². The number of likely N-dealkylation sites (N-methyl/N-ethyl adjacent to an activating group) is 1. The fourth-order valence-electron chi connectivity index (χ4n) is 1.88. The summed E-state index contributed by atoms with van der Waals surface area (Å²) in [5.41, 5.74) is 1.19. The van der Waals surface area contributed by atoms with E-state index in [1.54, 1.807) is 0 Å². The minimum Gasteiger partial charge on any atom is -0.337 e. The molecule has 3 nitrogen and oxygen atoms in total. The van der Waals surface area contributed by atoms with Crippen molar-refractivity contribution in [2.75, 3.05) is 27.2 Å². The van der Waals surface area contributed by atoms with Crippen LogP contribution in [0, 0.1) is 5.92 Å². The van der Waals surface area contributed by atoms with Gasteiger partial charge in [0.1, 0.15) is 0 Å². The third-order valence-corrected chi connectivity index (χ3v) is 3.38. The quantitative estimate of drug-likeness (QED) is 0.754. The molecule has 1 aromatic rings. The molecule has 0 saturated heterocycles. The summed E-state index contributed by atoms with van der Waals surface area (Å²) in [5.74, 6) is 0.360. The molecule has 0 aliphatic heterocycles. The van der Waals surface area contributed by atoms with Crippen LogP contribution in [0.15, 0.2) is 30.3 Å². The molecule has 0 spiro atoms. The molecule has 1 aromatic carbocycles. The summed E-state index contributed by atoms with van der Waals surface area (Å²) < 4.78 is 0. The van der Waals surface area contributed by atoms with Crippen molar-refractivity contribution in [3.05, 3.63) is 35.9 Å². The summed E-state index contributed by atoms with van der Waals surface area (Å²) in [5, 5.41) is 0. The number of carbonyl (C=O) groups is 1. The summed E-state index contributed by atoms with van der Waals surface area (Å²) >= 11 is 0. The van der Waals surface area contributed by atoms with E-state index in [4.69, 9.17) is 0 Å². The molecule has 19 heavy (non-hydrogen) atoms. The lowest BCUT2D eigenvalue weighted by Crippen LogP contribution is -2.39. The lowest BCUT2D eigenvalue weighted by molar-refractivity contribution is -0.135. The Hall–Kier alpha value is -1.35. The van der Waals surface area contributed by atoms with Gasteiger partial charge in [-0.15, -0.1) is 0 Å². The molecule has 0 N–H and O–H groups in total. The van der Waals surface area contributed by atoms with Crippen LogP contribution >= 0.6 is 0 Å². The molecule has 106 valence electrons. The highest BCUT2D eigenvalue weighted by molar-refractivity contribution is 5.78. The van der Waals surface area contributed by atoms with Crippen LogP contribution in [0.3, 0.4) is 0 Å². The Morgan fingerprint density at radius 3 is 2.32 bits per heavy atom. The lowest BCUT2D eigenvalue weighted by Gasteiger charge is -2.27. The van der Waals surface area contributed by atoms with Crippen molar-refractivity contribution in [3.63, 3.8) is 0 Å². The maximum absolute atomic E-state index is 12.4. The van der Waals surface area contributed by atoms with Gasteiger partial charge < -0.3 is 9.80 Å². The lowest BCUT2D eigenvalue weighted by atomic mass is 10.1. The molecule has 0 aliphatic rings. The van der Waals surface area contributed by atoms with E-state index < -0.39 is 0 Å². The minimum absolute atomic E-state index is 0.103. The molecule has 0 saturated carbocycles. The van der Waals surface area contributed by atoms with E-state index >= 15 is 0 Å². The van der Waals surface area contributed by atoms with Crippen molar-refractivity contribution in [3.8, 4) is 0 Å². The normalized spacial score (nSPS) is 12.5. The Morgan fingerprint density at radius 1 is 1.16 bits per heavy atom. The Kier molecular flexibility index (Phi) is 6.57. The molecule has 1 atom stereocenters. The highest BCUT2D eigenvalue weighted by atomic mass is 16.2. The number of hydrogen-bond donors (Lipinski definition) is 0. The van der Waals surface area contributed by atoms with Crippen LogP contribution in [-0.2, 0) is 11.3 Å². The molecule has 3 heteroatoms. The van der Waals surface area contributed by atoms with Gasteiger partial charge in [-0.05, 0) is 26.1 Å². The van der Waals surface area contributed by atoms with Gasteiger partial charge in [0.2, 0.25) is 5.91 Å². The fourth-order valence-corrected chi connectivity index (χ4v) is 1.88. The van der Waals surface area contributed by atoms with Crippen molar-refractivity contribution >= 4 is 5.91 Å². The first kappa shape index (κ1) is 15.7. The highest BCUT2D eigenvalue weighted by Gasteiger charge is 2.19. The topological polar surface area (TPSA) is 23.6 Å². The van der Waals surface area contributed by atoms with Gasteiger partial charge in [-0.25, -0.2) is 0 Å². The molecule has 0 radical (unpaired) electrons. The summed E-state index contributed by atoms with van der Waals surface area (Å²) in [6.07, 6.45) is 0.895. The number of rotatable bonds is 7. The standard InChI is InChI=1S/C16H26N2O/c1-5-14(2)16(19)18(12-11-17(3)4)13-15-9-7-6-8-10-15/h6-10,14H,5,11-13H2,1-4H3. The third kappa shape index (κ3) is 5.43. The monoisotopic (exact) mass is 262 g/mol. The Labute approximate surface area is 117 Å². The average Bonchev–Trinajstić information content (AvgIpc) is 2.42. The van der Waals surface area contributed by atoms with Crippen molar-refractivity contribution < 1.29 is 4.79 Å². The van der Waals surface area contributed by atoms with E-state index in [0.29, 0.717) is 6.54 Å². The molecule has 0 fully saturated rings. The molecule has 0 aliphatic carbocycles. The molecular weight excluding hydrogens is 236 g/mol. The van der Waals surface area contributed by atoms with Crippen LogP contribution in [0.2, 0.25) is 0 Å². The Morgan fingerprint density at radius 2 is 1.79 bits per heavy atom. The zero-order valence-corrected chi connectivity index (χ0v) is 12.6. The van der Waals surface area contributed by atoms with Crippen LogP contribution in [0.25, 0.3) is 0 Å². The summed E-state index contributed by atoms with van der Waals surface area (Å²) in [6.45, 7) is 6.46. The first-order chi connectivity index (χ1) is 9.04. The minimum atomic E-state index is 0.103. The van der Waals surface area contributed by atoms with Gasteiger partial charge in [0, 0.05) is 25.6 Å². The van der Waals surface area contributed by atoms with Crippen molar-refractivity contribution in [1.82, 2.24) is 9.80 Å². The largest absolute Gasteiger partial charge is 0.337 e. The number of amides is 1. The van der Waals surface area contributed by atoms with E-state index in [2.05, 4.69) is 24.0 Å². The second-order valence-electron chi connectivity index (χ2n) is 5.36. The van der Waals surface area contributed by atoms with E-state index in [1.165, 1.54) is 5.56 Å².